The number of rotatable bonds is 5. The quantitative estimate of drug-likeness (QED) is 0.441. The maximum absolute atomic E-state index is 13.5. The van der Waals surface area contributed by atoms with Crippen LogP contribution in [0.1, 0.15) is 41.9 Å². The molecule has 1 aromatic heterocycles. The highest BCUT2D eigenvalue weighted by Crippen LogP contribution is 2.30. The predicted molar refractivity (Wildman–Crippen MR) is 132 cm³/mol. The zero-order valence-corrected chi connectivity index (χ0v) is 19.4. The molecule has 2 unspecified atom stereocenters. The number of nitrogens with one attached hydrogen (secondary N) is 1. The summed E-state index contributed by atoms with van der Waals surface area (Å²) in [7, 11) is 1.63. The molecule has 3 aromatic carbocycles. The molecule has 0 saturated carbocycles. The Morgan fingerprint density at radius 1 is 1.06 bits per heavy atom. The van der Waals surface area contributed by atoms with Gasteiger partial charge in [-0.15, -0.1) is 0 Å². The number of carbonyl (C=O) groups excluding carboxylic acids is 2. The van der Waals surface area contributed by atoms with Crippen LogP contribution in [0, 0.1) is 5.92 Å². The number of piperidine rings is 1. The van der Waals surface area contributed by atoms with Crippen molar-refractivity contribution >= 4 is 33.6 Å². The van der Waals surface area contributed by atoms with E-state index >= 15 is 0 Å². The maximum atomic E-state index is 13.5. The minimum absolute atomic E-state index is 0.0509. The number of ether oxygens (including phenoxy) is 1. The molecular weight excluding hydrogens is 428 g/mol. The van der Waals surface area contributed by atoms with E-state index in [1.54, 1.807) is 12.0 Å². The van der Waals surface area contributed by atoms with E-state index in [1.165, 1.54) is 0 Å². The lowest BCUT2D eigenvalue weighted by atomic mass is 9.95. The number of likely N-dealkylation sites (tertiary alicyclic amines) is 1. The first-order valence-corrected chi connectivity index (χ1v) is 11.7. The summed E-state index contributed by atoms with van der Waals surface area (Å²) in [6.07, 6.45) is 1.54. The van der Waals surface area contributed by atoms with Crippen molar-refractivity contribution in [3.63, 3.8) is 0 Å². The maximum Gasteiger partial charge on any atom is 0.254 e. The molecule has 0 bridgehead atoms. The van der Waals surface area contributed by atoms with E-state index in [0.717, 1.165) is 46.1 Å². The molecule has 6 heteroatoms. The van der Waals surface area contributed by atoms with Crippen molar-refractivity contribution < 1.29 is 18.7 Å². The zero-order chi connectivity index (χ0) is 23.7. The van der Waals surface area contributed by atoms with Gasteiger partial charge in [0.2, 0.25) is 5.91 Å². The molecule has 2 amide bonds. The van der Waals surface area contributed by atoms with Gasteiger partial charge in [0, 0.05) is 29.4 Å². The van der Waals surface area contributed by atoms with Crippen molar-refractivity contribution in [1.82, 2.24) is 10.2 Å². The molecule has 1 saturated heterocycles. The summed E-state index contributed by atoms with van der Waals surface area (Å²) in [4.78, 5) is 28.4. The van der Waals surface area contributed by atoms with Crippen LogP contribution in [0.25, 0.3) is 21.7 Å². The van der Waals surface area contributed by atoms with Gasteiger partial charge in [0.05, 0.1) is 19.1 Å². The summed E-state index contributed by atoms with van der Waals surface area (Å²) in [6, 6.07) is 20.9. The summed E-state index contributed by atoms with van der Waals surface area (Å²) >= 11 is 0. The topological polar surface area (TPSA) is 71.8 Å². The molecular formula is C28H28N2O4. The number of para-hydroxylation sites is 1. The fraction of sp³-hybridized carbons (Fsp3) is 0.286. The van der Waals surface area contributed by atoms with Gasteiger partial charge in [-0.3, -0.25) is 9.59 Å². The zero-order valence-electron chi connectivity index (χ0n) is 19.4. The molecule has 4 aromatic rings. The highest BCUT2D eigenvalue weighted by Gasteiger charge is 2.30. The average Bonchev–Trinajstić information content (AvgIpc) is 3.32. The second-order valence-electron chi connectivity index (χ2n) is 8.87. The molecule has 1 aliphatic rings. The molecule has 2 heterocycles. The number of furan rings is 1. The number of fused-ring (bicyclic) bond motifs is 2. The number of benzene rings is 3. The number of nitrogens with zero attached hydrogens (tertiary/aromatic N) is 1. The monoisotopic (exact) mass is 456 g/mol. The minimum atomic E-state index is -0.256. The van der Waals surface area contributed by atoms with E-state index in [0.29, 0.717) is 18.7 Å². The Kier molecular flexibility index (Phi) is 5.97. The predicted octanol–water partition coefficient (Wildman–Crippen LogP) is 5.32. The molecule has 1 fully saturated rings. The molecule has 34 heavy (non-hydrogen) atoms. The Hall–Kier alpha value is -3.80. The summed E-state index contributed by atoms with van der Waals surface area (Å²) in [6.45, 7) is 2.96. The van der Waals surface area contributed by atoms with E-state index in [2.05, 4.69) is 5.32 Å². The molecule has 6 nitrogen and oxygen atoms in total. The molecule has 1 N–H and O–H groups in total. The van der Waals surface area contributed by atoms with Gasteiger partial charge in [-0.25, -0.2) is 0 Å². The van der Waals surface area contributed by atoms with Crippen molar-refractivity contribution in [2.75, 3.05) is 20.2 Å². The smallest absolute Gasteiger partial charge is 0.254 e. The number of methoxy groups -OCH3 is 1. The summed E-state index contributed by atoms with van der Waals surface area (Å²) in [5.74, 6) is 1.10. The first-order valence-electron chi connectivity index (χ1n) is 11.7. The average molecular weight is 457 g/mol. The fourth-order valence-electron chi connectivity index (χ4n) is 4.80. The van der Waals surface area contributed by atoms with Crippen molar-refractivity contribution in [2.45, 2.75) is 25.8 Å². The highest BCUT2D eigenvalue weighted by molar-refractivity contribution is 6.08. The lowest BCUT2D eigenvalue weighted by molar-refractivity contribution is -0.127. The molecule has 0 spiro atoms. The number of amides is 2. The van der Waals surface area contributed by atoms with Crippen molar-refractivity contribution in [3.05, 3.63) is 78.1 Å². The van der Waals surface area contributed by atoms with Crippen LogP contribution in [0.5, 0.6) is 5.75 Å². The summed E-state index contributed by atoms with van der Waals surface area (Å²) in [5.41, 5.74) is 1.44. The van der Waals surface area contributed by atoms with Crippen LogP contribution in [0.2, 0.25) is 0 Å². The molecule has 2 atom stereocenters. The molecule has 5 rings (SSSR count). The summed E-state index contributed by atoms with van der Waals surface area (Å²) < 4.78 is 11.4. The minimum Gasteiger partial charge on any atom is -0.496 e. The SMILES string of the molecule is COc1ccc(C(=O)N2CCCC(C(=O)NC(C)c3cc4ccccc4o3)C2)c2ccccc12. The van der Waals surface area contributed by atoms with Crippen LogP contribution in [-0.2, 0) is 4.79 Å². The van der Waals surface area contributed by atoms with Gasteiger partial charge in [0.25, 0.3) is 5.91 Å². The van der Waals surface area contributed by atoms with Gasteiger partial charge in [0.15, 0.2) is 0 Å². The van der Waals surface area contributed by atoms with Crippen LogP contribution >= 0.6 is 0 Å². The lowest BCUT2D eigenvalue weighted by Crippen LogP contribution is -2.45. The number of carbonyl (C=O) groups is 2. The van der Waals surface area contributed by atoms with Gasteiger partial charge in [0.1, 0.15) is 17.1 Å². The number of hydrogen-bond acceptors (Lipinski definition) is 4. The fourth-order valence-corrected chi connectivity index (χ4v) is 4.80. The van der Waals surface area contributed by atoms with Crippen LogP contribution in [0.15, 0.2) is 71.1 Å². The van der Waals surface area contributed by atoms with Crippen LogP contribution in [0.4, 0.5) is 0 Å². The normalized spacial score (nSPS) is 17.0. The Morgan fingerprint density at radius 3 is 2.62 bits per heavy atom. The highest BCUT2D eigenvalue weighted by atomic mass is 16.5. The first kappa shape index (κ1) is 22.0. The summed E-state index contributed by atoms with van der Waals surface area (Å²) in [5, 5.41) is 5.86. The Balaban J connectivity index is 1.30. The van der Waals surface area contributed by atoms with E-state index in [9.17, 15) is 9.59 Å². The molecule has 0 radical (unpaired) electrons. The van der Waals surface area contributed by atoms with E-state index < -0.39 is 0 Å². The van der Waals surface area contributed by atoms with Gasteiger partial charge in [-0.05, 0) is 49.4 Å². The Labute approximate surface area is 198 Å². The van der Waals surface area contributed by atoms with E-state index in [-0.39, 0.29) is 23.8 Å². The largest absolute Gasteiger partial charge is 0.496 e. The Bertz CT molecular complexity index is 1330. The van der Waals surface area contributed by atoms with Gasteiger partial charge in [-0.2, -0.15) is 0 Å². The van der Waals surface area contributed by atoms with Crippen molar-refractivity contribution in [2.24, 2.45) is 5.92 Å². The standard InChI is InChI=1S/C28H28N2O4/c1-18(26-16-19-8-3-6-12-24(19)34-26)29-27(31)20-9-7-15-30(17-20)28(32)23-13-14-25(33-2)22-11-5-4-10-21(22)23/h3-6,8,10-14,16,18,20H,7,9,15,17H2,1-2H3,(H,29,31). The van der Waals surface area contributed by atoms with Gasteiger partial charge in [-0.1, -0.05) is 42.5 Å². The Morgan fingerprint density at radius 2 is 1.82 bits per heavy atom. The third-order valence-electron chi connectivity index (χ3n) is 6.64. The molecule has 0 aliphatic carbocycles. The van der Waals surface area contributed by atoms with Crippen molar-refractivity contribution in [1.29, 1.82) is 0 Å². The second kappa shape index (κ2) is 9.21. The van der Waals surface area contributed by atoms with Crippen molar-refractivity contribution in [3.8, 4) is 5.75 Å². The number of hydrogen-bond donors (Lipinski definition) is 1. The van der Waals surface area contributed by atoms with E-state index in [1.807, 2.05) is 73.7 Å². The third-order valence-corrected chi connectivity index (χ3v) is 6.64. The van der Waals surface area contributed by atoms with Gasteiger partial charge >= 0.3 is 0 Å². The van der Waals surface area contributed by atoms with Crippen LogP contribution < -0.4 is 10.1 Å². The van der Waals surface area contributed by atoms with Crippen LogP contribution in [0.3, 0.4) is 0 Å². The van der Waals surface area contributed by atoms with Crippen LogP contribution in [-0.4, -0.2) is 36.9 Å². The first-order chi connectivity index (χ1) is 16.5. The third kappa shape index (κ3) is 4.12. The molecule has 174 valence electrons. The lowest BCUT2D eigenvalue weighted by Gasteiger charge is -2.33. The second-order valence-corrected chi connectivity index (χ2v) is 8.87. The van der Waals surface area contributed by atoms with E-state index in [4.69, 9.17) is 9.15 Å². The molecule has 1 aliphatic heterocycles. The van der Waals surface area contributed by atoms with Gasteiger partial charge < -0.3 is 19.4 Å².